The highest BCUT2D eigenvalue weighted by Crippen LogP contribution is 2.34. The maximum atomic E-state index is 12.7. The zero-order valence-electron chi connectivity index (χ0n) is 20.9. The van der Waals surface area contributed by atoms with Gasteiger partial charge < -0.3 is 26.5 Å². The number of carbonyl (C=O) groups excluding carboxylic acids is 3. The molecule has 0 aliphatic carbocycles. The topological polar surface area (TPSA) is 158 Å². The van der Waals surface area contributed by atoms with Crippen LogP contribution in [0, 0.1) is 0 Å². The second-order valence-corrected chi connectivity index (χ2v) is 8.93. The predicted octanol–water partition coefficient (Wildman–Crippen LogP) is 2.65. The number of imidazole rings is 1. The number of hydrogen-bond donors (Lipinski definition) is 3. The Morgan fingerprint density at radius 2 is 1.89 bits per heavy atom. The summed E-state index contributed by atoms with van der Waals surface area (Å²) < 4.78 is 6.32. The number of anilines is 1. The highest BCUT2D eigenvalue weighted by atomic mass is 16.5. The van der Waals surface area contributed by atoms with Gasteiger partial charge in [-0.15, -0.1) is 0 Å². The fourth-order valence-electron chi connectivity index (χ4n) is 4.32. The molecule has 1 aliphatic heterocycles. The van der Waals surface area contributed by atoms with Crippen molar-refractivity contribution in [2.75, 3.05) is 24.8 Å². The molecule has 0 bridgehead atoms. The fraction of sp³-hybridized carbons (Fsp3) is 0.269. The smallest absolute Gasteiger partial charge is 0.269 e. The number of ether oxygens (including phenoxy) is 1. The van der Waals surface area contributed by atoms with E-state index in [1.807, 2.05) is 13.8 Å². The van der Waals surface area contributed by atoms with Crippen LogP contribution in [0.4, 0.5) is 5.82 Å². The first-order valence-corrected chi connectivity index (χ1v) is 11.7. The van der Waals surface area contributed by atoms with Crippen LogP contribution in [0.5, 0.6) is 5.75 Å². The molecule has 11 heteroatoms. The molecule has 1 aliphatic rings. The minimum atomic E-state index is -0.748. The molecule has 3 amide bonds. The molecule has 1 fully saturated rings. The lowest BCUT2D eigenvalue weighted by Crippen LogP contribution is -2.33. The van der Waals surface area contributed by atoms with Crippen molar-refractivity contribution in [1.29, 1.82) is 0 Å². The molecule has 1 aromatic carbocycles. The quantitative estimate of drug-likeness (QED) is 0.330. The van der Waals surface area contributed by atoms with E-state index in [9.17, 15) is 14.4 Å². The number of rotatable bonds is 7. The summed E-state index contributed by atoms with van der Waals surface area (Å²) in [6.07, 6.45) is 4.55. The van der Waals surface area contributed by atoms with E-state index in [1.165, 1.54) is 18.0 Å². The molecular formula is C26H29N7O4. The molecule has 5 N–H and O–H groups in total. The molecule has 0 saturated carbocycles. The molecule has 37 heavy (non-hydrogen) atoms. The molecule has 0 radical (unpaired) electrons. The Morgan fingerprint density at radius 3 is 2.54 bits per heavy atom. The summed E-state index contributed by atoms with van der Waals surface area (Å²) in [4.78, 5) is 48.3. The van der Waals surface area contributed by atoms with Crippen molar-refractivity contribution in [3.63, 3.8) is 0 Å². The van der Waals surface area contributed by atoms with Gasteiger partial charge in [-0.05, 0) is 44.9 Å². The van der Waals surface area contributed by atoms with Gasteiger partial charge in [-0.3, -0.25) is 14.4 Å². The summed E-state index contributed by atoms with van der Waals surface area (Å²) in [6, 6.07) is 9.42. The third-order valence-electron chi connectivity index (χ3n) is 6.05. The van der Waals surface area contributed by atoms with Gasteiger partial charge in [-0.1, -0.05) is 17.7 Å². The average Bonchev–Trinajstić information content (AvgIpc) is 3.48. The molecule has 3 aromatic rings. The van der Waals surface area contributed by atoms with E-state index in [1.54, 1.807) is 47.4 Å². The van der Waals surface area contributed by atoms with Crippen LogP contribution in [-0.2, 0) is 4.79 Å². The number of primary amides is 1. The lowest BCUT2D eigenvalue weighted by atomic mass is 10.1. The number of amides is 3. The molecule has 3 heterocycles. The minimum absolute atomic E-state index is 0.0225. The number of nitrogens with two attached hydrogens (primary N) is 2. The summed E-state index contributed by atoms with van der Waals surface area (Å²) in [5.41, 5.74) is 7.78. The van der Waals surface area contributed by atoms with Crippen molar-refractivity contribution < 1.29 is 19.1 Å². The van der Waals surface area contributed by atoms with Crippen molar-refractivity contribution >= 4 is 23.5 Å². The van der Waals surface area contributed by atoms with Gasteiger partial charge in [0.2, 0.25) is 5.91 Å². The van der Waals surface area contributed by atoms with Crippen LogP contribution in [0.3, 0.4) is 0 Å². The molecule has 1 unspecified atom stereocenters. The number of hydrogen-bond acceptors (Lipinski definition) is 7. The van der Waals surface area contributed by atoms with Gasteiger partial charge >= 0.3 is 0 Å². The molecule has 1 saturated heterocycles. The number of allylic oxidation sites excluding steroid dienone is 1. The first kappa shape index (κ1) is 25.4. The Morgan fingerprint density at radius 1 is 1.16 bits per heavy atom. The second kappa shape index (κ2) is 10.5. The standard InChI is InChI=1S/C26H29N7O4/c1-15(2)13-21(34)32-12-4-5-19(32)25-31-22(23(24(27)35)33(25)28)16-6-8-17(9-7-16)26(36)30-20-14-18(37-3)10-11-29-20/h6-11,13-14,19H,4-5,12,28H2,1-3H3,(H2,27,35)(H,29,30,36). The van der Waals surface area contributed by atoms with E-state index in [2.05, 4.69) is 15.3 Å². The SMILES string of the molecule is COc1ccnc(NC(=O)c2ccc(-c3nc(C4CCCN4C(=O)C=C(C)C)n(N)c3C(N)=O)cc2)c1. The van der Waals surface area contributed by atoms with Gasteiger partial charge in [-0.25, -0.2) is 14.6 Å². The zero-order valence-corrected chi connectivity index (χ0v) is 20.9. The van der Waals surface area contributed by atoms with E-state index in [0.29, 0.717) is 41.5 Å². The summed E-state index contributed by atoms with van der Waals surface area (Å²) in [7, 11) is 1.53. The predicted molar refractivity (Wildman–Crippen MR) is 138 cm³/mol. The van der Waals surface area contributed by atoms with E-state index in [0.717, 1.165) is 12.0 Å². The summed E-state index contributed by atoms with van der Waals surface area (Å²) in [5, 5.41) is 2.71. The van der Waals surface area contributed by atoms with E-state index >= 15 is 0 Å². The highest BCUT2D eigenvalue weighted by Gasteiger charge is 2.35. The Labute approximate surface area is 214 Å². The first-order valence-electron chi connectivity index (χ1n) is 11.7. The lowest BCUT2D eigenvalue weighted by molar-refractivity contribution is -0.127. The van der Waals surface area contributed by atoms with Crippen LogP contribution in [0.15, 0.2) is 54.2 Å². The lowest BCUT2D eigenvalue weighted by Gasteiger charge is -2.23. The van der Waals surface area contributed by atoms with Crippen LogP contribution in [-0.4, -0.2) is 50.9 Å². The molecular weight excluding hydrogens is 474 g/mol. The van der Waals surface area contributed by atoms with Crippen LogP contribution >= 0.6 is 0 Å². The summed E-state index contributed by atoms with van der Waals surface area (Å²) in [5.74, 6) is 6.34. The van der Waals surface area contributed by atoms with Crippen molar-refractivity contribution in [3.8, 4) is 17.0 Å². The zero-order chi connectivity index (χ0) is 26.7. The van der Waals surface area contributed by atoms with E-state index in [4.69, 9.17) is 16.3 Å². The van der Waals surface area contributed by atoms with Gasteiger partial charge in [-0.2, -0.15) is 0 Å². The number of pyridine rings is 1. The molecule has 11 nitrogen and oxygen atoms in total. The average molecular weight is 504 g/mol. The largest absolute Gasteiger partial charge is 0.497 e. The van der Waals surface area contributed by atoms with Crippen LogP contribution in [0.25, 0.3) is 11.3 Å². The van der Waals surface area contributed by atoms with Crippen molar-refractivity contribution in [1.82, 2.24) is 19.5 Å². The van der Waals surface area contributed by atoms with E-state index in [-0.39, 0.29) is 29.2 Å². The van der Waals surface area contributed by atoms with Crippen molar-refractivity contribution in [2.24, 2.45) is 5.73 Å². The maximum Gasteiger partial charge on any atom is 0.269 e. The number of nitrogen functional groups attached to an aromatic ring is 1. The maximum absolute atomic E-state index is 12.7. The molecule has 2 aromatic heterocycles. The Balaban J connectivity index is 1.62. The number of aromatic nitrogens is 3. The molecule has 4 rings (SSSR count). The second-order valence-electron chi connectivity index (χ2n) is 8.93. The molecule has 1 atom stereocenters. The van der Waals surface area contributed by atoms with E-state index < -0.39 is 5.91 Å². The number of benzene rings is 1. The highest BCUT2D eigenvalue weighted by molar-refractivity contribution is 6.04. The third-order valence-corrected chi connectivity index (χ3v) is 6.05. The van der Waals surface area contributed by atoms with Gasteiger partial charge in [0.1, 0.15) is 17.3 Å². The van der Waals surface area contributed by atoms with Gasteiger partial charge in [0.05, 0.1) is 13.2 Å². The normalized spacial score (nSPS) is 14.8. The number of likely N-dealkylation sites (tertiary alicyclic amines) is 1. The van der Waals surface area contributed by atoms with Gasteiger partial charge in [0.15, 0.2) is 11.5 Å². The van der Waals surface area contributed by atoms with Gasteiger partial charge in [0.25, 0.3) is 11.8 Å². The number of nitrogens with zero attached hydrogens (tertiary/aromatic N) is 4. The minimum Gasteiger partial charge on any atom is -0.497 e. The Hall–Kier alpha value is -4.67. The van der Waals surface area contributed by atoms with Gasteiger partial charge in [0, 0.05) is 36.0 Å². The third kappa shape index (κ3) is 5.30. The number of methoxy groups -OCH3 is 1. The molecule has 0 spiro atoms. The first-order chi connectivity index (χ1) is 17.7. The Kier molecular flexibility index (Phi) is 7.23. The summed E-state index contributed by atoms with van der Waals surface area (Å²) in [6.45, 7) is 4.27. The number of nitrogens with one attached hydrogen (secondary N) is 1. The van der Waals surface area contributed by atoms with Crippen molar-refractivity contribution in [3.05, 3.63) is 71.3 Å². The monoisotopic (exact) mass is 503 g/mol. The van der Waals surface area contributed by atoms with Crippen LogP contribution < -0.4 is 21.6 Å². The summed E-state index contributed by atoms with van der Waals surface area (Å²) >= 11 is 0. The van der Waals surface area contributed by atoms with Crippen LogP contribution in [0.1, 0.15) is 59.4 Å². The fourth-order valence-corrected chi connectivity index (χ4v) is 4.32. The van der Waals surface area contributed by atoms with Crippen LogP contribution in [0.2, 0.25) is 0 Å². The Bertz CT molecular complexity index is 1370. The molecule has 192 valence electrons. The van der Waals surface area contributed by atoms with Crippen molar-refractivity contribution in [2.45, 2.75) is 32.7 Å². The number of carbonyl (C=O) groups is 3.